The Bertz CT molecular complexity index is 867. The van der Waals surface area contributed by atoms with Crippen molar-refractivity contribution in [3.63, 3.8) is 0 Å². The van der Waals surface area contributed by atoms with Gasteiger partial charge in [-0.3, -0.25) is 4.57 Å². The molecule has 0 radical (unpaired) electrons. The predicted molar refractivity (Wildman–Crippen MR) is 88.8 cm³/mol. The van der Waals surface area contributed by atoms with Gasteiger partial charge in [-0.25, -0.2) is 14.2 Å². The van der Waals surface area contributed by atoms with Crippen LogP contribution in [0.4, 0.5) is 10.2 Å². The summed E-state index contributed by atoms with van der Waals surface area (Å²) in [5.41, 5.74) is 0.492. The van der Waals surface area contributed by atoms with Crippen molar-refractivity contribution in [2.75, 3.05) is 37.3 Å². The maximum Gasteiger partial charge on any atom is 0.350 e. The van der Waals surface area contributed by atoms with Crippen LogP contribution in [0.2, 0.25) is 0 Å². The molecule has 1 saturated heterocycles. The third kappa shape index (κ3) is 2.15. The summed E-state index contributed by atoms with van der Waals surface area (Å²) >= 11 is 1.51. The lowest BCUT2D eigenvalue weighted by Gasteiger charge is -2.39. The van der Waals surface area contributed by atoms with E-state index in [1.165, 1.54) is 16.3 Å². The van der Waals surface area contributed by atoms with Crippen molar-refractivity contribution in [1.82, 2.24) is 19.4 Å². The maximum absolute atomic E-state index is 14.7. The molecule has 0 bridgehead atoms. The average Bonchev–Trinajstić information content (AvgIpc) is 2.67. The van der Waals surface area contributed by atoms with Crippen LogP contribution in [0.3, 0.4) is 0 Å². The molecule has 0 saturated carbocycles. The molecule has 0 amide bonds. The number of fused-ring (bicyclic) bond motifs is 2. The lowest BCUT2D eigenvalue weighted by atomic mass is 10.1. The lowest BCUT2D eigenvalue weighted by Crippen LogP contribution is -2.53. The zero-order valence-corrected chi connectivity index (χ0v) is 14.2. The minimum Gasteiger partial charge on any atom is -0.349 e. The normalized spacial score (nSPS) is 21.4. The molecular weight excluding hydrogens is 317 g/mol. The van der Waals surface area contributed by atoms with Crippen molar-refractivity contribution in [1.29, 1.82) is 0 Å². The van der Waals surface area contributed by atoms with Crippen LogP contribution in [0.1, 0.15) is 5.69 Å². The number of pyridine rings is 1. The minimum absolute atomic E-state index is 0.216. The molecule has 8 heteroatoms. The molecule has 2 aromatic heterocycles. The van der Waals surface area contributed by atoms with Crippen LogP contribution in [0.25, 0.3) is 11.0 Å². The molecule has 0 aliphatic carbocycles. The minimum atomic E-state index is -0.346. The molecule has 23 heavy (non-hydrogen) atoms. The molecule has 0 aromatic carbocycles. The van der Waals surface area contributed by atoms with Crippen LogP contribution in [0, 0.1) is 12.7 Å². The zero-order valence-electron chi connectivity index (χ0n) is 13.3. The molecule has 1 atom stereocenters. The maximum atomic E-state index is 14.7. The van der Waals surface area contributed by atoms with Crippen molar-refractivity contribution in [3.8, 4) is 0 Å². The van der Waals surface area contributed by atoms with Crippen molar-refractivity contribution in [2.24, 2.45) is 7.05 Å². The van der Waals surface area contributed by atoms with E-state index >= 15 is 0 Å². The number of halogens is 1. The summed E-state index contributed by atoms with van der Waals surface area (Å²) < 4.78 is 16.1. The number of thioether (sulfide) groups is 1. The number of rotatable bonds is 0. The largest absolute Gasteiger partial charge is 0.350 e. The van der Waals surface area contributed by atoms with Crippen molar-refractivity contribution in [3.05, 3.63) is 22.0 Å². The molecule has 4 heterocycles. The quantitative estimate of drug-likeness (QED) is 0.716. The smallest absolute Gasteiger partial charge is 0.349 e. The van der Waals surface area contributed by atoms with Crippen molar-refractivity contribution in [2.45, 2.75) is 17.9 Å². The summed E-state index contributed by atoms with van der Waals surface area (Å²) in [7, 11) is 3.72. The number of hydrogen-bond acceptors (Lipinski definition) is 6. The summed E-state index contributed by atoms with van der Waals surface area (Å²) in [6, 6.07) is 0.216. The standard InChI is InChI=1S/C15H18FN5OS/c1-8-11(16)12-10-13(17-8)20(3)15(22)18-14(10)21-5-4-19(2)6-9(21)7-23-12/h9H,4-7H2,1-3H3. The fourth-order valence-electron chi connectivity index (χ4n) is 3.35. The monoisotopic (exact) mass is 335 g/mol. The Morgan fingerprint density at radius 3 is 2.83 bits per heavy atom. The summed E-state index contributed by atoms with van der Waals surface area (Å²) in [6.45, 7) is 4.21. The molecule has 4 rings (SSSR count). The second kappa shape index (κ2) is 5.17. The number of likely N-dealkylation sites (N-methyl/N-ethyl adjacent to an activating group) is 1. The molecule has 1 fully saturated rings. The van der Waals surface area contributed by atoms with Gasteiger partial charge in [-0.15, -0.1) is 11.8 Å². The van der Waals surface area contributed by atoms with Gasteiger partial charge in [0.25, 0.3) is 0 Å². The van der Waals surface area contributed by atoms with E-state index in [0.717, 1.165) is 25.4 Å². The molecule has 0 spiro atoms. The summed E-state index contributed by atoms with van der Waals surface area (Å²) in [4.78, 5) is 25.9. The first-order chi connectivity index (χ1) is 11.0. The highest BCUT2D eigenvalue weighted by Crippen LogP contribution is 2.40. The predicted octanol–water partition coefficient (Wildman–Crippen LogP) is 1.00. The SMILES string of the molecule is Cc1nc2c3c(nc(=O)n2C)N2CCN(C)CC2CSc3c1F. The van der Waals surface area contributed by atoms with Gasteiger partial charge in [0.05, 0.1) is 22.0 Å². The number of anilines is 1. The fraction of sp³-hybridized carbons (Fsp3) is 0.533. The van der Waals surface area contributed by atoms with Gasteiger partial charge in [0.2, 0.25) is 0 Å². The Balaban J connectivity index is 2.06. The third-order valence-corrected chi connectivity index (χ3v) is 5.87. The molecular formula is C15H18FN5OS. The number of nitrogens with zero attached hydrogens (tertiary/aromatic N) is 5. The first kappa shape index (κ1) is 14.9. The molecule has 0 N–H and O–H groups in total. The van der Waals surface area contributed by atoms with Gasteiger partial charge in [-0.2, -0.15) is 4.98 Å². The molecule has 2 aromatic rings. The van der Waals surface area contributed by atoms with Gasteiger partial charge in [-0.1, -0.05) is 0 Å². The van der Waals surface area contributed by atoms with E-state index in [2.05, 4.69) is 26.8 Å². The highest BCUT2D eigenvalue weighted by molar-refractivity contribution is 7.99. The van der Waals surface area contributed by atoms with Crippen LogP contribution in [0.15, 0.2) is 9.69 Å². The first-order valence-corrected chi connectivity index (χ1v) is 8.60. The van der Waals surface area contributed by atoms with Crippen LogP contribution in [-0.4, -0.2) is 57.9 Å². The lowest BCUT2D eigenvalue weighted by molar-refractivity contribution is 0.277. The van der Waals surface area contributed by atoms with E-state index in [9.17, 15) is 9.18 Å². The van der Waals surface area contributed by atoms with Gasteiger partial charge in [-0.05, 0) is 14.0 Å². The Hall–Kier alpha value is -1.67. The van der Waals surface area contributed by atoms with E-state index < -0.39 is 0 Å². The van der Waals surface area contributed by atoms with Crippen molar-refractivity contribution >= 4 is 28.6 Å². The number of piperazine rings is 1. The van der Waals surface area contributed by atoms with Gasteiger partial charge in [0.1, 0.15) is 11.5 Å². The average molecular weight is 335 g/mol. The number of aryl methyl sites for hydroxylation is 2. The Morgan fingerprint density at radius 2 is 2.04 bits per heavy atom. The van der Waals surface area contributed by atoms with Gasteiger partial charge >= 0.3 is 5.69 Å². The van der Waals surface area contributed by atoms with Crippen LogP contribution in [-0.2, 0) is 7.05 Å². The van der Waals surface area contributed by atoms with E-state index in [1.807, 2.05) is 0 Å². The van der Waals surface area contributed by atoms with E-state index in [1.54, 1.807) is 14.0 Å². The van der Waals surface area contributed by atoms with E-state index in [0.29, 0.717) is 27.4 Å². The van der Waals surface area contributed by atoms with Crippen LogP contribution < -0.4 is 10.6 Å². The summed E-state index contributed by atoms with van der Waals surface area (Å²) in [5, 5.41) is 0.673. The second-order valence-electron chi connectivity index (χ2n) is 6.24. The molecule has 2 aliphatic rings. The summed E-state index contributed by atoms with van der Waals surface area (Å²) in [6.07, 6.45) is 0. The zero-order chi connectivity index (χ0) is 16.3. The molecule has 6 nitrogen and oxygen atoms in total. The van der Waals surface area contributed by atoms with Crippen LogP contribution >= 0.6 is 11.8 Å². The summed E-state index contributed by atoms with van der Waals surface area (Å²) in [5.74, 6) is 1.07. The van der Waals surface area contributed by atoms with E-state index in [4.69, 9.17) is 0 Å². The Kier molecular flexibility index (Phi) is 3.35. The fourth-order valence-corrected chi connectivity index (χ4v) is 4.60. The van der Waals surface area contributed by atoms with Gasteiger partial charge in [0.15, 0.2) is 5.82 Å². The highest BCUT2D eigenvalue weighted by atomic mass is 32.2. The number of hydrogen-bond donors (Lipinski definition) is 0. The Morgan fingerprint density at radius 1 is 1.26 bits per heavy atom. The van der Waals surface area contributed by atoms with Gasteiger partial charge < -0.3 is 9.80 Å². The molecule has 1 unspecified atom stereocenters. The third-order valence-electron chi connectivity index (χ3n) is 4.65. The Labute approximate surface area is 137 Å². The first-order valence-electron chi connectivity index (χ1n) is 7.62. The topological polar surface area (TPSA) is 54.3 Å². The van der Waals surface area contributed by atoms with Gasteiger partial charge in [0, 0.05) is 32.4 Å². The number of aromatic nitrogens is 3. The molecule has 2 aliphatic heterocycles. The van der Waals surface area contributed by atoms with E-state index in [-0.39, 0.29) is 17.5 Å². The second-order valence-corrected chi connectivity index (χ2v) is 7.27. The van der Waals surface area contributed by atoms with Crippen molar-refractivity contribution < 1.29 is 4.39 Å². The van der Waals surface area contributed by atoms with Crippen LogP contribution in [0.5, 0.6) is 0 Å². The molecule has 122 valence electrons. The highest BCUT2D eigenvalue weighted by Gasteiger charge is 2.33.